The van der Waals surface area contributed by atoms with Crippen molar-refractivity contribution in [3.8, 4) is 0 Å². The minimum absolute atomic E-state index is 0.0259. The molecule has 1 fully saturated rings. The van der Waals surface area contributed by atoms with Crippen LogP contribution in [0.15, 0.2) is 18.3 Å². The molecule has 0 bridgehead atoms. The molecule has 0 atom stereocenters. The number of thioether (sulfide) groups is 1. The molecule has 21 heavy (non-hydrogen) atoms. The average molecular weight is 307 g/mol. The maximum Gasteiger partial charge on any atom is 0.255 e. The molecule has 4 nitrogen and oxygen atoms in total. The van der Waals surface area contributed by atoms with Crippen molar-refractivity contribution >= 4 is 23.5 Å². The number of hydrogen-bond acceptors (Lipinski definition) is 4. The zero-order valence-electron chi connectivity index (χ0n) is 12.9. The third-order valence-electron chi connectivity index (χ3n) is 4.11. The second kappa shape index (κ2) is 7.69. The standard InChI is InChI=1S/C16H25N3OS/c1-3-10-17-14-13(7-6-11-18-14)15(20)19-12-16(21-2)8-4-5-9-16/h6-7,11H,3-5,8-10,12H2,1-2H3,(H,17,18)(H,19,20). The first kappa shape index (κ1) is 16.1. The number of carbonyl (C=O) groups excluding carboxylic acids is 1. The highest BCUT2D eigenvalue weighted by molar-refractivity contribution is 8.00. The first-order chi connectivity index (χ1) is 10.2. The summed E-state index contributed by atoms with van der Waals surface area (Å²) in [7, 11) is 0. The van der Waals surface area contributed by atoms with E-state index in [2.05, 4.69) is 28.8 Å². The Morgan fingerprint density at radius 1 is 1.43 bits per heavy atom. The summed E-state index contributed by atoms with van der Waals surface area (Å²) >= 11 is 1.89. The first-order valence-electron chi connectivity index (χ1n) is 7.73. The number of carbonyl (C=O) groups is 1. The van der Waals surface area contributed by atoms with Crippen molar-refractivity contribution in [2.75, 3.05) is 24.7 Å². The van der Waals surface area contributed by atoms with Crippen LogP contribution in [0.4, 0.5) is 5.82 Å². The van der Waals surface area contributed by atoms with Crippen LogP contribution < -0.4 is 10.6 Å². The Bertz CT molecular complexity index is 472. The molecule has 1 aromatic rings. The van der Waals surface area contributed by atoms with E-state index in [0.29, 0.717) is 11.4 Å². The minimum atomic E-state index is -0.0259. The Balaban J connectivity index is 2.00. The molecule has 1 aliphatic carbocycles. The lowest BCUT2D eigenvalue weighted by molar-refractivity contribution is 0.0950. The maximum atomic E-state index is 12.4. The summed E-state index contributed by atoms with van der Waals surface area (Å²) < 4.78 is 0.231. The van der Waals surface area contributed by atoms with E-state index in [1.807, 2.05) is 23.9 Å². The Hall–Kier alpha value is -1.23. The lowest BCUT2D eigenvalue weighted by Gasteiger charge is -2.27. The predicted octanol–water partition coefficient (Wildman–Crippen LogP) is 3.31. The molecular formula is C16H25N3OS. The van der Waals surface area contributed by atoms with Crippen LogP contribution in [0.2, 0.25) is 0 Å². The molecule has 2 rings (SSSR count). The van der Waals surface area contributed by atoms with Crippen LogP contribution in [-0.4, -0.2) is 35.0 Å². The van der Waals surface area contributed by atoms with Gasteiger partial charge in [0.1, 0.15) is 5.82 Å². The quantitative estimate of drug-likeness (QED) is 0.811. The lowest BCUT2D eigenvalue weighted by atomic mass is 10.1. The van der Waals surface area contributed by atoms with Gasteiger partial charge in [0, 0.05) is 24.0 Å². The van der Waals surface area contributed by atoms with E-state index in [0.717, 1.165) is 19.5 Å². The normalized spacial score (nSPS) is 16.7. The van der Waals surface area contributed by atoms with Crippen LogP contribution in [-0.2, 0) is 0 Å². The van der Waals surface area contributed by atoms with Gasteiger partial charge in [0.25, 0.3) is 5.91 Å². The Morgan fingerprint density at radius 2 is 2.19 bits per heavy atom. The van der Waals surface area contributed by atoms with E-state index in [1.165, 1.54) is 25.7 Å². The molecule has 2 N–H and O–H groups in total. The average Bonchev–Trinajstić information content (AvgIpc) is 3.00. The van der Waals surface area contributed by atoms with Crippen LogP contribution in [0.25, 0.3) is 0 Å². The molecule has 116 valence electrons. The summed E-state index contributed by atoms with van der Waals surface area (Å²) in [4.78, 5) is 16.7. The number of aromatic nitrogens is 1. The summed E-state index contributed by atoms with van der Waals surface area (Å²) in [5, 5.41) is 6.33. The van der Waals surface area contributed by atoms with Crippen molar-refractivity contribution in [3.63, 3.8) is 0 Å². The zero-order valence-corrected chi connectivity index (χ0v) is 13.8. The molecule has 0 aromatic carbocycles. The van der Waals surface area contributed by atoms with Gasteiger partial charge in [0.2, 0.25) is 0 Å². The van der Waals surface area contributed by atoms with Crippen LogP contribution in [0, 0.1) is 0 Å². The number of anilines is 1. The smallest absolute Gasteiger partial charge is 0.255 e. The Kier molecular flexibility index (Phi) is 5.91. The second-order valence-electron chi connectivity index (χ2n) is 5.60. The number of hydrogen-bond donors (Lipinski definition) is 2. The summed E-state index contributed by atoms with van der Waals surface area (Å²) in [5.41, 5.74) is 0.639. The van der Waals surface area contributed by atoms with Gasteiger partial charge in [0.15, 0.2) is 0 Å². The topological polar surface area (TPSA) is 54.0 Å². The van der Waals surface area contributed by atoms with Crippen LogP contribution >= 0.6 is 11.8 Å². The number of nitrogens with zero attached hydrogens (tertiary/aromatic N) is 1. The fourth-order valence-electron chi connectivity index (χ4n) is 2.78. The van der Waals surface area contributed by atoms with Gasteiger partial charge in [-0.15, -0.1) is 0 Å². The monoisotopic (exact) mass is 307 g/mol. The van der Waals surface area contributed by atoms with Crippen LogP contribution in [0.3, 0.4) is 0 Å². The molecule has 1 amide bonds. The fourth-order valence-corrected chi connectivity index (χ4v) is 3.70. The van der Waals surface area contributed by atoms with Gasteiger partial charge in [-0.3, -0.25) is 4.79 Å². The van der Waals surface area contributed by atoms with E-state index in [4.69, 9.17) is 0 Å². The highest BCUT2D eigenvalue weighted by Gasteiger charge is 2.33. The van der Waals surface area contributed by atoms with Gasteiger partial charge < -0.3 is 10.6 Å². The first-order valence-corrected chi connectivity index (χ1v) is 8.95. The third-order valence-corrected chi connectivity index (χ3v) is 5.53. The largest absolute Gasteiger partial charge is 0.369 e. The SMILES string of the molecule is CCCNc1ncccc1C(=O)NCC1(SC)CCCC1. The molecule has 1 aromatic heterocycles. The van der Waals surface area contributed by atoms with Crippen LogP contribution in [0.5, 0.6) is 0 Å². The maximum absolute atomic E-state index is 12.4. The summed E-state index contributed by atoms with van der Waals surface area (Å²) in [6.45, 7) is 3.67. The minimum Gasteiger partial charge on any atom is -0.369 e. The van der Waals surface area contributed by atoms with Gasteiger partial charge in [0.05, 0.1) is 5.56 Å². The lowest BCUT2D eigenvalue weighted by Crippen LogP contribution is -2.38. The summed E-state index contributed by atoms with van der Waals surface area (Å²) in [6, 6.07) is 3.65. The van der Waals surface area contributed by atoms with Crippen molar-refractivity contribution < 1.29 is 4.79 Å². The molecule has 0 aliphatic heterocycles. The molecule has 1 heterocycles. The fraction of sp³-hybridized carbons (Fsp3) is 0.625. The molecule has 1 aliphatic rings. The zero-order chi connectivity index (χ0) is 15.1. The van der Waals surface area contributed by atoms with Crippen molar-refractivity contribution in [1.29, 1.82) is 0 Å². The molecule has 5 heteroatoms. The van der Waals surface area contributed by atoms with Crippen molar-refractivity contribution in [2.45, 2.75) is 43.8 Å². The molecule has 0 unspecified atom stereocenters. The summed E-state index contributed by atoms with van der Waals surface area (Å²) in [6.07, 6.45) is 9.81. The van der Waals surface area contributed by atoms with Crippen molar-refractivity contribution in [1.82, 2.24) is 10.3 Å². The van der Waals surface area contributed by atoms with Crippen molar-refractivity contribution in [2.24, 2.45) is 0 Å². The summed E-state index contributed by atoms with van der Waals surface area (Å²) in [5.74, 6) is 0.656. The van der Waals surface area contributed by atoms with E-state index in [9.17, 15) is 4.79 Å². The van der Waals surface area contributed by atoms with Gasteiger partial charge >= 0.3 is 0 Å². The van der Waals surface area contributed by atoms with Crippen LogP contribution in [0.1, 0.15) is 49.4 Å². The molecule has 1 saturated carbocycles. The van der Waals surface area contributed by atoms with E-state index in [1.54, 1.807) is 6.20 Å². The van der Waals surface area contributed by atoms with E-state index >= 15 is 0 Å². The van der Waals surface area contributed by atoms with E-state index in [-0.39, 0.29) is 10.7 Å². The van der Waals surface area contributed by atoms with Gasteiger partial charge in [-0.05, 0) is 37.7 Å². The molecular weight excluding hydrogens is 282 g/mol. The molecule has 0 saturated heterocycles. The Labute approximate surface area is 131 Å². The van der Waals surface area contributed by atoms with E-state index < -0.39 is 0 Å². The number of rotatable bonds is 7. The third kappa shape index (κ3) is 4.13. The second-order valence-corrected chi connectivity index (χ2v) is 6.88. The number of pyridine rings is 1. The Morgan fingerprint density at radius 3 is 2.86 bits per heavy atom. The van der Waals surface area contributed by atoms with Gasteiger partial charge in [-0.2, -0.15) is 11.8 Å². The van der Waals surface area contributed by atoms with Gasteiger partial charge in [-0.1, -0.05) is 19.8 Å². The highest BCUT2D eigenvalue weighted by Crippen LogP contribution is 2.39. The van der Waals surface area contributed by atoms with Crippen molar-refractivity contribution in [3.05, 3.63) is 23.9 Å². The number of nitrogens with one attached hydrogen (secondary N) is 2. The molecule has 0 spiro atoms. The number of amides is 1. The molecule has 0 radical (unpaired) electrons. The van der Waals surface area contributed by atoms with Gasteiger partial charge in [-0.25, -0.2) is 4.98 Å². The highest BCUT2D eigenvalue weighted by atomic mass is 32.2. The predicted molar refractivity (Wildman–Crippen MR) is 90.1 cm³/mol.